The highest BCUT2D eigenvalue weighted by Gasteiger charge is 2.45. The summed E-state index contributed by atoms with van der Waals surface area (Å²) in [7, 11) is 1.69. The maximum atomic E-state index is 6.56. The summed E-state index contributed by atoms with van der Waals surface area (Å²) < 4.78 is 23.1. The van der Waals surface area contributed by atoms with Gasteiger partial charge in [0.15, 0.2) is 0 Å². The van der Waals surface area contributed by atoms with Crippen LogP contribution < -0.4 is 14.2 Å². The minimum Gasteiger partial charge on any atom is -0.497 e. The molecule has 3 aromatic carbocycles. The Morgan fingerprint density at radius 2 is 1.61 bits per heavy atom. The lowest BCUT2D eigenvalue weighted by Crippen LogP contribution is -2.43. The molecule has 0 saturated carbocycles. The van der Waals surface area contributed by atoms with E-state index in [1.165, 1.54) is 16.7 Å². The van der Waals surface area contributed by atoms with E-state index in [-0.39, 0.29) is 17.9 Å². The first-order valence-electron chi connectivity index (χ1n) is 10.8. The Morgan fingerprint density at radius 1 is 0.903 bits per heavy atom. The van der Waals surface area contributed by atoms with Crippen molar-refractivity contribution < 1.29 is 18.9 Å². The van der Waals surface area contributed by atoms with Crippen LogP contribution in [0.3, 0.4) is 0 Å². The second-order valence-corrected chi connectivity index (χ2v) is 8.81. The smallest absolute Gasteiger partial charge is 0.127 e. The van der Waals surface area contributed by atoms with Crippen LogP contribution in [-0.2, 0) is 4.74 Å². The van der Waals surface area contributed by atoms with Crippen LogP contribution >= 0.6 is 0 Å². The number of benzene rings is 3. The number of fused-ring (bicyclic) bond motifs is 1. The van der Waals surface area contributed by atoms with Crippen molar-refractivity contribution in [3.8, 4) is 17.2 Å². The number of ether oxygens (including phenoxy) is 4. The Morgan fingerprint density at radius 3 is 2.29 bits per heavy atom. The van der Waals surface area contributed by atoms with Crippen LogP contribution in [0.15, 0.2) is 72.8 Å². The standard InChI is InChI=1S/C27H28O4/c1-27(2)26(19-7-5-4-6-8-19)25(23-14-13-21(28-3)15-24(23)31-27)18-9-11-20(12-10-18)29-16-22-17-30-22/h4-15,22,25-26H,16-17H2,1-3H3/t22?,25-,26+/m0/s1. The quantitative estimate of drug-likeness (QED) is 0.493. The molecule has 1 fully saturated rings. The number of hydrogen-bond acceptors (Lipinski definition) is 4. The van der Waals surface area contributed by atoms with E-state index in [1.807, 2.05) is 12.1 Å². The van der Waals surface area contributed by atoms with E-state index in [9.17, 15) is 0 Å². The number of hydrogen-bond donors (Lipinski definition) is 0. The van der Waals surface area contributed by atoms with E-state index in [0.717, 1.165) is 23.9 Å². The molecule has 2 aliphatic heterocycles. The molecule has 0 aliphatic carbocycles. The molecule has 2 aliphatic rings. The van der Waals surface area contributed by atoms with Crippen molar-refractivity contribution in [1.82, 2.24) is 0 Å². The molecule has 4 nitrogen and oxygen atoms in total. The van der Waals surface area contributed by atoms with Gasteiger partial charge < -0.3 is 18.9 Å². The molecule has 0 amide bonds. The number of methoxy groups -OCH3 is 1. The van der Waals surface area contributed by atoms with Gasteiger partial charge in [-0.2, -0.15) is 0 Å². The minimum absolute atomic E-state index is 0.146. The Bertz CT molecular complexity index is 1040. The first-order valence-corrected chi connectivity index (χ1v) is 10.8. The summed E-state index contributed by atoms with van der Waals surface area (Å²) >= 11 is 0. The first-order chi connectivity index (χ1) is 15.0. The van der Waals surface area contributed by atoms with Gasteiger partial charge in [-0.3, -0.25) is 0 Å². The molecular formula is C27H28O4. The predicted molar refractivity (Wildman–Crippen MR) is 120 cm³/mol. The SMILES string of the molecule is COc1ccc2c(c1)OC(C)(C)[C@H](c1ccccc1)[C@H]2c1ccc(OCC2CO2)cc1. The zero-order valence-electron chi connectivity index (χ0n) is 18.2. The lowest BCUT2D eigenvalue weighted by atomic mass is 9.68. The zero-order valence-corrected chi connectivity index (χ0v) is 18.2. The van der Waals surface area contributed by atoms with Crippen LogP contribution in [0.5, 0.6) is 17.2 Å². The van der Waals surface area contributed by atoms with Gasteiger partial charge in [0.2, 0.25) is 0 Å². The number of epoxide rings is 1. The second kappa shape index (κ2) is 7.93. The molecule has 3 atom stereocenters. The maximum Gasteiger partial charge on any atom is 0.127 e. The van der Waals surface area contributed by atoms with Gasteiger partial charge >= 0.3 is 0 Å². The van der Waals surface area contributed by atoms with Crippen molar-refractivity contribution in [2.24, 2.45) is 0 Å². The summed E-state index contributed by atoms with van der Waals surface area (Å²) in [5.41, 5.74) is 3.29. The topological polar surface area (TPSA) is 40.2 Å². The van der Waals surface area contributed by atoms with Crippen LogP contribution in [0.2, 0.25) is 0 Å². The summed E-state index contributed by atoms with van der Waals surface area (Å²) in [4.78, 5) is 0. The highest BCUT2D eigenvalue weighted by molar-refractivity contribution is 5.52. The molecular weight excluding hydrogens is 388 g/mol. The average Bonchev–Trinajstić information content (AvgIpc) is 3.61. The number of rotatable bonds is 6. The highest BCUT2D eigenvalue weighted by atomic mass is 16.6. The van der Waals surface area contributed by atoms with E-state index >= 15 is 0 Å². The molecule has 160 valence electrons. The molecule has 0 bridgehead atoms. The van der Waals surface area contributed by atoms with Crippen LogP contribution in [0.4, 0.5) is 0 Å². The van der Waals surface area contributed by atoms with Crippen molar-refractivity contribution in [3.05, 3.63) is 89.5 Å². The van der Waals surface area contributed by atoms with Gasteiger partial charge in [0.05, 0.1) is 13.7 Å². The fourth-order valence-electron chi connectivity index (χ4n) is 4.67. The molecule has 5 rings (SSSR count). The van der Waals surface area contributed by atoms with E-state index in [2.05, 4.69) is 74.5 Å². The Kier molecular flexibility index (Phi) is 5.11. The Labute approximate surface area is 183 Å². The third-order valence-electron chi connectivity index (χ3n) is 6.25. The molecule has 3 aromatic rings. The molecule has 0 aromatic heterocycles. The first kappa shape index (κ1) is 20.0. The van der Waals surface area contributed by atoms with E-state index in [1.54, 1.807) is 7.11 Å². The van der Waals surface area contributed by atoms with Gasteiger partial charge in [0.1, 0.15) is 35.6 Å². The van der Waals surface area contributed by atoms with Crippen molar-refractivity contribution in [1.29, 1.82) is 0 Å². The summed E-state index contributed by atoms with van der Waals surface area (Å²) in [5.74, 6) is 2.86. The van der Waals surface area contributed by atoms with Gasteiger partial charge in [0.25, 0.3) is 0 Å². The van der Waals surface area contributed by atoms with Crippen molar-refractivity contribution in [2.45, 2.75) is 37.4 Å². The Hall–Kier alpha value is -2.98. The Balaban J connectivity index is 1.57. The molecule has 4 heteroatoms. The second-order valence-electron chi connectivity index (χ2n) is 8.81. The molecule has 0 N–H and O–H groups in total. The molecule has 1 saturated heterocycles. The van der Waals surface area contributed by atoms with Crippen molar-refractivity contribution in [2.75, 3.05) is 20.3 Å². The fourth-order valence-corrected chi connectivity index (χ4v) is 4.67. The van der Waals surface area contributed by atoms with Crippen LogP contribution in [0.1, 0.15) is 42.4 Å². The molecule has 1 unspecified atom stereocenters. The van der Waals surface area contributed by atoms with Crippen LogP contribution in [-0.4, -0.2) is 32.0 Å². The third kappa shape index (κ3) is 4.00. The molecule has 31 heavy (non-hydrogen) atoms. The summed E-state index contributed by atoms with van der Waals surface area (Å²) in [6.45, 7) is 5.76. The largest absolute Gasteiger partial charge is 0.497 e. The van der Waals surface area contributed by atoms with Crippen molar-refractivity contribution >= 4 is 0 Å². The summed E-state index contributed by atoms with van der Waals surface area (Å²) in [5, 5.41) is 0. The van der Waals surface area contributed by atoms with Gasteiger partial charge in [-0.05, 0) is 43.2 Å². The van der Waals surface area contributed by atoms with Crippen LogP contribution in [0, 0.1) is 0 Å². The zero-order chi connectivity index (χ0) is 21.4. The minimum atomic E-state index is -0.399. The third-order valence-corrected chi connectivity index (χ3v) is 6.25. The summed E-state index contributed by atoms with van der Waals surface area (Å²) in [6.07, 6.45) is 0.250. The monoisotopic (exact) mass is 416 g/mol. The van der Waals surface area contributed by atoms with Gasteiger partial charge in [-0.15, -0.1) is 0 Å². The van der Waals surface area contributed by atoms with E-state index in [4.69, 9.17) is 18.9 Å². The van der Waals surface area contributed by atoms with Gasteiger partial charge in [-0.25, -0.2) is 0 Å². The highest BCUT2D eigenvalue weighted by Crippen LogP contribution is 2.53. The normalized spacial score (nSPS) is 23.4. The fraction of sp³-hybridized carbons (Fsp3) is 0.333. The lowest BCUT2D eigenvalue weighted by Gasteiger charge is -2.45. The average molecular weight is 417 g/mol. The molecule has 0 radical (unpaired) electrons. The van der Waals surface area contributed by atoms with Gasteiger partial charge in [-0.1, -0.05) is 48.5 Å². The van der Waals surface area contributed by atoms with E-state index in [0.29, 0.717) is 6.61 Å². The molecule has 0 spiro atoms. The molecule has 2 heterocycles. The van der Waals surface area contributed by atoms with Crippen molar-refractivity contribution in [3.63, 3.8) is 0 Å². The van der Waals surface area contributed by atoms with E-state index < -0.39 is 5.60 Å². The van der Waals surface area contributed by atoms with Crippen LogP contribution in [0.25, 0.3) is 0 Å². The predicted octanol–water partition coefficient (Wildman–Crippen LogP) is 5.56. The maximum absolute atomic E-state index is 6.56. The lowest BCUT2D eigenvalue weighted by molar-refractivity contribution is 0.0528. The van der Waals surface area contributed by atoms with Gasteiger partial charge in [0, 0.05) is 23.5 Å². The summed E-state index contributed by atoms with van der Waals surface area (Å²) in [6, 6.07) is 25.3.